The van der Waals surface area contributed by atoms with Crippen molar-refractivity contribution in [1.82, 2.24) is 15.2 Å². The summed E-state index contributed by atoms with van der Waals surface area (Å²) in [6.45, 7) is -0.269. The Labute approximate surface area is 90.4 Å². The summed E-state index contributed by atoms with van der Waals surface area (Å²) in [6, 6.07) is 0. The summed E-state index contributed by atoms with van der Waals surface area (Å²) in [5.41, 5.74) is 4.99. The number of carbonyl (C=O) groups excluding carboxylic acids is 1. The van der Waals surface area contributed by atoms with Gasteiger partial charge in [0.15, 0.2) is 5.82 Å². The number of primary amides is 1. The molecule has 2 heterocycles. The normalized spacial score (nSPS) is 29.5. The van der Waals surface area contributed by atoms with Crippen molar-refractivity contribution < 1.29 is 19.7 Å². The van der Waals surface area contributed by atoms with E-state index in [1.165, 1.54) is 0 Å². The number of H-pyrrole nitrogens is 1. The first-order valence-corrected chi connectivity index (χ1v) is 4.78. The third-order valence-electron chi connectivity index (χ3n) is 2.43. The van der Waals surface area contributed by atoms with Gasteiger partial charge in [-0.15, -0.1) is 5.10 Å². The number of rotatable bonds is 3. The van der Waals surface area contributed by atoms with E-state index in [2.05, 4.69) is 15.2 Å². The molecule has 1 aliphatic rings. The van der Waals surface area contributed by atoms with Gasteiger partial charge in [-0.25, -0.2) is 4.98 Å². The van der Waals surface area contributed by atoms with Crippen molar-refractivity contribution in [3.05, 3.63) is 11.6 Å². The minimum atomic E-state index is -0.753. The Bertz CT molecular complexity index is 393. The van der Waals surface area contributed by atoms with Gasteiger partial charge < -0.3 is 20.7 Å². The fourth-order valence-corrected chi connectivity index (χ4v) is 1.60. The number of carbonyl (C=O) groups is 1. The predicted molar refractivity (Wildman–Crippen MR) is 50.2 cm³/mol. The van der Waals surface area contributed by atoms with Crippen molar-refractivity contribution in [2.24, 2.45) is 5.73 Å². The summed E-state index contributed by atoms with van der Waals surface area (Å²) in [5, 5.41) is 24.5. The van der Waals surface area contributed by atoms with Gasteiger partial charge in [0.1, 0.15) is 12.2 Å². The number of aliphatic hydroxyl groups is 2. The molecule has 1 fully saturated rings. The van der Waals surface area contributed by atoms with Crippen LogP contribution in [0.5, 0.6) is 0 Å². The molecule has 0 unspecified atom stereocenters. The predicted octanol–water partition coefficient (Wildman–Crippen LogP) is -1.91. The lowest BCUT2D eigenvalue weighted by Gasteiger charge is -2.09. The minimum absolute atomic E-state index is 0.125. The Morgan fingerprint density at radius 1 is 1.69 bits per heavy atom. The highest BCUT2D eigenvalue weighted by Gasteiger charge is 2.36. The molecule has 1 amide bonds. The number of aliphatic hydroxyl groups excluding tert-OH is 2. The van der Waals surface area contributed by atoms with Crippen molar-refractivity contribution in [1.29, 1.82) is 0 Å². The second-order valence-corrected chi connectivity index (χ2v) is 3.56. The number of ether oxygens (including phenoxy) is 1. The van der Waals surface area contributed by atoms with Crippen LogP contribution < -0.4 is 5.73 Å². The number of nitrogens with two attached hydrogens (primary N) is 1. The summed E-state index contributed by atoms with van der Waals surface area (Å²) in [7, 11) is 0. The molecule has 8 heteroatoms. The fraction of sp³-hybridized carbons (Fsp3) is 0.625. The number of nitrogens with one attached hydrogen (secondary N) is 1. The number of amides is 1. The maximum Gasteiger partial charge on any atom is 0.288 e. The zero-order valence-corrected chi connectivity index (χ0v) is 8.33. The lowest BCUT2D eigenvalue weighted by molar-refractivity contribution is -0.0246. The smallest absolute Gasteiger partial charge is 0.288 e. The highest BCUT2D eigenvalue weighted by Crippen LogP contribution is 2.30. The molecule has 0 radical (unpaired) electrons. The lowest BCUT2D eigenvalue weighted by atomic mass is 10.1. The van der Waals surface area contributed by atoms with Crippen molar-refractivity contribution in [3.8, 4) is 0 Å². The molecule has 0 saturated carbocycles. The third-order valence-corrected chi connectivity index (χ3v) is 2.43. The summed E-state index contributed by atoms with van der Waals surface area (Å²) < 4.78 is 5.32. The summed E-state index contributed by atoms with van der Waals surface area (Å²) in [6.07, 6.45) is -1.60. The Morgan fingerprint density at radius 2 is 2.44 bits per heavy atom. The minimum Gasteiger partial charge on any atom is -0.394 e. The average molecular weight is 228 g/mol. The molecule has 0 aliphatic carbocycles. The Morgan fingerprint density at radius 3 is 2.94 bits per heavy atom. The van der Waals surface area contributed by atoms with Crippen LogP contribution in [0.15, 0.2) is 0 Å². The first kappa shape index (κ1) is 11.0. The molecule has 5 N–H and O–H groups in total. The highest BCUT2D eigenvalue weighted by molar-refractivity contribution is 5.88. The highest BCUT2D eigenvalue weighted by atomic mass is 16.5. The molecule has 88 valence electrons. The van der Waals surface area contributed by atoms with Crippen LogP contribution in [0.2, 0.25) is 0 Å². The number of hydrogen-bond acceptors (Lipinski definition) is 6. The maximum absolute atomic E-state index is 10.8. The largest absolute Gasteiger partial charge is 0.394 e. The van der Waals surface area contributed by atoms with Gasteiger partial charge >= 0.3 is 0 Å². The van der Waals surface area contributed by atoms with Crippen molar-refractivity contribution in [3.63, 3.8) is 0 Å². The fourth-order valence-electron chi connectivity index (χ4n) is 1.60. The molecule has 0 spiro atoms. The van der Waals surface area contributed by atoms with E-state index in [0.717, 1.165) is 0 Å². The molecule has 1 aliphatic heterocycles. The lowest BCUT2D eigenvalue weighted by Crippen LogP contribution is -2.24. The number of hydrogen-bond donors (Lipinski definition) is 4. The van der Waals surface area contributed by atoms with E-state index in [-0.39, 0.29) is 12.4 Å². The van der Waals surface area contributed by atoms with Crippen molar-refractivity contribution in [2.75, 3.05) is 6.61 Å². The molecule has 1 aromatic rings. The quantitative estimate of drug-likeness (QED) is 0.476. The van der Waals surface area contributed by atoms with Gasteiger partial charge in [-0.05, 0) is 0 Å². The molecule has 1 aromatic heterocycles. The van der Waals surface area contributed by atoms with Gasteiger partial charge in [-0.3, -0.25) is 9.89 Å². The molecule has 1 saturated heterocycles. The van der Waals surface area contributed by atoms with E-state index in [9.17, 15) is 9.90 Å². The topological polar surface area (TPSA) is 134 Å². The van der Waals surface area contributed by atoms with Crippen LogP contribution in [-0.4, -0.2) is 50.1 Å². The number of aromatic amines is 1. The Hall–Kier alpha value is -1.51. The van der Waals surface area contributed by atoms with Gasteiger partial charge in [-0.1, -0.05) is 0 Å². The van der Waals surface area contributed by atoms with Crippen molar-refractivity contribution in [2.45, 2.75) is 24.7 Å². The van der Waals surface area contributed by atoms with Gasteiger partial charge in [0.05, 0.1) is 12.7 Å². The SMILES string of the molecule is NC(=O)c1n[nH]c([C@H]2C[C@H](O)[C@@H](CO)O2)n1. The summed E-state index contributed by atoms with van der Waals surface area (Å²) in [5.74, 6) is -0.538. The van der Waals surface area contributed by atoms with E-state index in [4.69, 9.17) is 15.6 Å². The van der Waals surface area contributed by atoms with E-state index < -0.39 is 24.2 Å². The van der Waals surface area contributed by atoms with E-state index in [0.29, 0.717) is 12.2 Å². The van der Waals surface area contributed by atoms with Crippen LogP contribution in [0.4, 0.5) is 0 Å². The molecule has 16 heavy (non-hydrogen) atoms. The van der Waals surface area contributed by atoms with E-state index >= 15 is 0 Å². The van der Waals surface area contributed by atoms with E-state index in [1.54, 1.807) is 0 Å². The van der Waals surface area contributed by atoms with Gasteiger partial charge in [0, 0.05) is 6.42 Å². The van der Waals surface area contributed by atoms with Crippen LogP contribution in [0.1, 0.15) is 29.0 Å². The molecule has 0 bridgehead atoms. The first-order chi connectivity index (χ1) is 7.61. The third kappa shape index (κ3) is 1.90. The molecular formula is C8H12N4O4. The van der Waals surface area contributed by atoms with Gasteiger partial charge in [0.2, 0.25) is 5.82 Å². The number of nitrogens with zero attached hydrogens (tertiary/aromatic N) is 2. The van der Waals surface area contributed by atoms with Gasteiger partial charge in [-0.2, -0.15) is 0 Å². The zero-order chi connectivity index (χ0) is 11.7. The van der Waals surface area contributed by atoms with Crippen LogP contribution in [-0.2, 0) is 4.74 Å². The molecule has 2 rings (SSSR count). The summed E-state index contributed by atoms with van der Waals surface area (Å²) >= 11 is 0. The summed E-state index contributed by atoms with van der Waals surface area (Å²) in [4.78, 5) is 14.6. The monoisotopic (exact) mass is 228 g/mol. The molecular weight excluding hydrogens is 216 g/mol. The van der Waals surface area contributed by atoms with Crippen LogP contribution >= 0.6 is 0 Å². The van der Waals surface area contributed by atoms with Crippen LogP contribution in [0.25, 0.3) is 0 Å². The standard InChI is InChI=1S/C8H12N4O4/c9-6(15)8-10-7(11-12-8)4-1-3(14)5(2-13)16-4/h3-5,13-14H,1-2H2,(H2,9,15)(H,10,11,12)/t3-,4+,5+/m0/s1. The zero-order valence-electron chi connectivity index (χ0n) is 8.33. The van der Waals surface area contributed by atoms with Crippen LogP contribution in [0.3, 0.4) is 0 Å². The average Bonchev–Trinajstić information content (AvgIpc) is 2.83. The Balaban J connectivity index is 2.11. The van der Waals surface area contributed by atoms with E-state index in [1.807, 2.05) is 0 Å². The van der Waals surface area contributed by atoms with Gasteiger partial charge in [0.25, 0.3) is 5.91 Å². The van der Waals surface area contributed by atoms with Crippen molar-refractivity contribution >= 4 is 5.91 Å². The molecule has 8 nitrogen and oxygen atoms in total. The second-order valence-electron chi connectivity index (χ2n) is 3.56. The Kier molecular flexibility index (Phi) is 2.86. The molecule has 3 atom stereocenters. The second kappa shape index (κ2) is 4.16. The number of aromatic nitrogens is 3. The first-order valence-electron chi connectivity index (χ1n) is 4.78. The van der Waals surface area contributed by atoms with Crippen LogP contribution in [0, 0.1) is 0 Å². The molecule has 0 aromatic carbocycles. The maximum atomic E-state index is 10.8.